The average molecular weight is 340 g/mol. The summed E-state index contributed by atoms with van der Waals surface area (Å²) in [5.41, 5.74) is 6.83. The second-order valence-corrected chi connectivity index (χ2v) is 6.56. The second kappa shape index (κ2) is 8.07. The van der Waals surface area contributed by atoms with Gasteiger partial charge in [0.2, 0.25) is 0 Å². The minimum Gasteiger partial charge on any atom is -0.348 e. The Morgan fingerprint density at radius 2 is 1.92 bits per heavy atom. The molecule has 0 spiro atoms. The van der Waals surface area contributed by atoms with Gasteiger partial charge in [-0.3, -0.25) is 9.59 Å². The third-order valence-electron chi connectivity index (χ3n) is 4.80. The third kappa shape index (κ3) is 4.33. The van der Waals surface area contributed by atoms with E-state index in [0.29, 0.717) is 19.0 Å². The van der Waals surface area contributed by atoms with E-state index in [4.69, 9.17) is 5.73 Å². The van der Waals surface area contributed by atoms with Crippen molar-refractivity contribution in [3.05, 3.63) is 64.1 Å². The summed E-state index contributed by atoms with van der Waals surface area (Å²) in [6, 6.07) is 12.6. The summed E-state index contributed by atoms with van der Waals surface area (Å²) in [7, 11) is 0. The Labute approximate surface area is 147 Å². The topological polar surface area (TPSA) is 90.0 Å². The fourth-order valence-corrected chi connectivity index (χ4v) is 3.36. The first-order valence-corrected chi connectivity index (χ1v) is 8.80. The van der Waals surface area contributed by atoms with Gasteiger partial charge in [0, 0.05) is 12.1 Å². The van der Waals surface area contributed by atoms with E-state index < -0.39 is 0 Å². The van der Waals surface area contributed by atoms with Gasteiger partial charge in [0.15, 0.2) is 0 Å². The Morgan fingerprint density at radius 3 is 2.68 bits per heavy atom. The monoisotopic (exact) mass is 340 g/mol. The van der Waals surface area contributed by atoms with E-state index in [1.54, 1.807) is 0 Å². The van der Waals surface area contributed by atoms with Crippen LogP contribution in [-0.4, -0.2) is 28.3 Å². The smallest absolute Gasteiger partial charge is 0.271 e. The maximum atomic E-state index is 12.6. The third-order valence-corrected chi connectivity index (χ3v) is 4.80. The summed E-state index contributed by atoms with van der Waals surface area (Å²) in [4.78, 5) is 24.6. The minimum absolute atomic E-state index is 0.0857. The van der Waals surface area contributed by atoms with Gasteiger partial charge < -0.3 is 11.1 Å². The van der Waals surface area contributed by atoms with E-state index in [1.165, 1.54) is 16.8 Å². The van der Waals surface area contributed by atoms with E-state index in [2.05, 4.69) is 10.4 Å². The lowest BCUT2D eigenvalue weighted by Crippen LogP contribution is -2.45. The van der Waals surface area contributed by atoms with Crippen LogP contribution in [0.5, 0.6) is 0 Å². The number of aromatic nitrogens is 2. The van der Waals surface area contributed by atoms with E-state index >= 15 is 0 Å². The Hall–Kier alpha value is -2.47. The van der Waals surface area contributed by atoms with Crippen molar-refractivity contribution >= 4 is 5.91 Å². The SMILES string of the molecule is NCC1CCCCC1NC(=O)c1ccc(=O)n(Cc2ccccc2)n1. The van der Waals surface area contributed by atoms with Crippen molar-refractivity contribution in [3.8, 4) is 0 Å². The molecule has 2 unspecified atom stereocenters. The molecule has 0 radical (unpaired) electrons. The zero-order valence-electron chi connectivity index (χ0n) is 14.2. The molecule has 6 heteroatoms. The molecule has 1 heterocycles. The molecule has 1 aliphatic carbocycles. The number of nitrogens with two attached hydrogens (primary N) is 1. The van der Waals surface area contributed by atoms with Crippen LogP contribution in [0.2, 0.25) is 0 Å². The predicted molar refractivity (Wildman–Crippen MR) is 96.3 cm³/mol. The summed E-state index contributed by atoms with van der Waals surface area (Å²) in [6.45, 7) is 0.918. The highest BCUT2D eigenvalue weighted by molar-refractivity contribution is 5.92. The lowest BCUT2D eigenvalue weighted by Gasteiger charge is -2.31. The molecule has 0 bridgehead atoms. The Balaban J connectivity index is 1.74. The molecule has 0 saturated heterocycles. The van der Waals surface area contributed by atoms with Gasteiger partial charge in [0.25, 0.3) is 11.5 Å². The highest BCUT2D eigenvalue weighted by Crippen LogP contribution is 2.23. The number of rotatable bonds is 5. The lowest BCUT2D eigenvalue weighted by molar-refractivity contribution is 0.0900. The molecule has 1 aromatic carbocycles. The van der Waals surface area contributed by atoms with Gasteiger partial charge in [-0.05, 0) is 36.9 Å². The minimum atomic E-state index is -0.243. The van der Waals surface area contributed by atoms with Crippen molar-refractivity contribution < 1.29 is 4.79 Å². The van der Waals surface area contributed by atoms with Gasteiger partial charge in [-0.25, -0.2) is 4.68 Å². The van der Waals surface area contributed by atoms with Crippen LogP contribution in [-0.2, 0) is 6.54 Å². The van der Waals surface area contributed by atoms with Gasteiger partial charge in [-0.15, -0.1) is 0 Å². The quantitative estimate of drug-likeness (QED) is 0.864. The molecule has 1 fully saturated rings. The molecule has 3 N–H and O–H groups in total. The summed E-state index contributed by atoms with van der Waals surface area (Å²) >= 11 is 0. The molecule has 2 aromatic rings. The van der Waals surface area contributed by atoms with Gasteiger partial charge >= 0.3 is 0 Å². The molecule has 132 valence electrons. The normalized spacial score (nSPS) is 20.2. The van der Waals surface area contributed by atoms with E-state index in [0.717, 1.165) is 31.2 Å². The Bertz CT molecular complexity index is 772. The second-order valence-electron chi connectivity index (χ2n) is 6.56. The van der Waals surface area contributed by atoms with Gasteiger partial charge in [0.05, 0.1) is 6.54 Å². The van der Waals surface area contributed by atoms with E-state index in [9.17, 15) is 9.59 Å². The molecule has 0 aliphatic heterocycles. The fraction of sp³-hybridized carbons (Fsp3) is 0.421. The van der Waals surface area contributed by atoms with Gasteiger partial charge in [0.1, 0.15) is 5.69 Å². The highest BCUT2D eigenvalue weighted by atomic mass is 16.2. The first-order chi connectivity index (χ1) is 12.2. The molecule has 6 nitrogen and oxygen atoms in total. The van der Waals surface area contributed by atoms with E-state index in [-0.39, 0.29) is 23.2 Å². The molecule has 25 heavy (non-hydrogen) atoms. The van der Waals surface area contributed by atoms with Crippen molar-refractivity contribution in [2.45, 2.75) is 38.3 Å². The Kier molecular flexibility index (Phi) is 5.60. The van der Waals surface area contributed by atoms with Crippen LogP contribution in [0, 0.1) is 5.92 Å². The van der Waals surface area contributed by atoms with Crippen molar-refractivity contribution in [2.24, 2.45) is 11.7 Å². The standard InChI is InChI=1S/C19H24N4O2/c20-12-15-8-4-5-9-16(15)21-19(25)17-10-11-18(24)23(22-17)13-14-6-2-1-3-7-14/h1-3,6-7,10-11,15-16H,4-5,8-9,12-13,20H2,(H,21,25). The lowest BCUT2D eigenvalue weighted by atomic mass is 9.84. The van der Waals surface area contributed by atoms with Crippen LogP contribution in [0.25, 0.3) is 0 Å². The van der Waals surface area contributed by atoms with Crippen LogP contribution < -0.4 is 16.6 Å². The van der Waals surface area contributed by atoms with Crippen LogP contribution in [0.1, 0.15) is 41.7 Å². The van der Waals surface area contributed by atoms with Gasteiger partial charge in [-0.2, -0.15) is 5.10 Å². The highest BCUT2D eigenvalue weighted by Gasteiger charge is 2.26. The van der Waals surface area contributed by atoms with E-state index in [1.807, 2.05) is 30.3 Å². The first kappa shape index (κ1) is 17.4. The summed E-state index contributed by atoms with van der Waals surface area (Å²) in [5, 5.41) is 7.29. The number of nitrogens with one attached hydrogen (secondary N) is 1. The molecular formula is C19H24N4O2. The maximum Gasteiger partial charge on any atom is 0.271 e. The molecule has 1 saturated carbocycles. The molecule has 3 rings (SSSR count). The zero-order valence-corrected chi connectivity index (χ0v) is 14.2. The molecule has 2 atom stereocenters. The van der Waals surface area contributed by atoms with Crippen LogP contribution in [0.15, 0.2) is 47.3 Å². The van der Waals surface area contributed by atoms with Crippen molar-refractivity contribution in [3.63, 3.8) is 0 Å². The molecule has 1 amide bonds. The maximum absolute atomic E-state index is 12.6. The molecular weight excluding hydrogens is 316 g/mol. The Morgan fingerprint density at radius 1 is 1.16 bits per heavy atom. The summed E-state index contributed by atoms with van der Waals surface area (Å²) in [5.74, 6) is 0.0695. The summed E-state index contributed by atoms with van der Waals surface area (Å²) < 4.78 is 1.32. The number of hydrogen-bond donors (Lipinski definition) is 2. The molecule has 1 aliphatic rings. The van der Waals surface area contributed by atoms with Gasteiger partial charge in [-0.1, -0.05) is 43.2 Å². The first-order valence-electron chi connectivity index (χ1n) is 8.80. The number of amides is 1. The number of carbonyl (C=O) groups excluding carboxylic acids is 1. The predicted octanol–water partition coefficient (Wildman–Crippen LogP) is 1.54. The van der Waals surface area contributed by atoms with Crippen molar-refractivity contribution in [1.29, 1.82) is 0 Å². The number of benzene rings is 1. The van der Waals surface area contributed by atoms with Crippen molar-refractivity contribution in [2.75, 3.05) is 6.54 Å². The summed E-state index contributed by atoms with van der Waals surface area (Å²) in [6.07, 6.45) is 4.25. The molecule has 1 aromatic heterocycles. The largest absolute Gasteiger partial charge is 0.348 e. The zero-order chi connectivity index (χ0) is 17.6. The fourth-order valence-electron chi connectivity index (χ4n) is 3.36. The van der Waals surface area contributed by atoms with Crippen LogP contribution in [0.4, 0.5) is 0 Å². The number of hydrogen-bond acceptors (Lipinski definition) is 4. The van der Waals surface area contributed by atoms with Crippen LogP contribution >= 0.6 is 0 Å². The van der Waals surface area contributed by atoms with Crippen molar-refractivity contribution in [1.82, 2.24) is 15.1 Å². The average Bonchev–Trinajstić information content (AvgIpc) is 2.65. The van der Waals surface area contributed by atoms with Crippen LogP contribution in [0.3, 0.4) is 0 Å². The number of carbonyl (C=O) groups is 1. The number of nitrogens with zero attached hydrogens (tertiary/aromatic N) is 2.